The highest BCUT2D eigenvalue weighted by atomic mass is 32.2. The maximum absolute atomic E-state index is 11.1. The second kappa shape index (κ2) is 4.18. The van der Waals surface area contributed by atoms with Crippen molar-refractivity contribution in [3.63, 3.8) is 0 Å². The third-order valence-electron chi connectivity index (χ3n) is 2.73. The number of aldehydes is 1. The maximum Gasteiger partial charge on any atom is 0.136 e. The van der Waals surface area contributed by atoms with Crippen LogP contribution in [0.5, 0.6) is 0 Å². The molecule has 0 unspecified atom stereocenters. The molecule has 0 aromatic heterocycles. The van der Waals surface area contributed by atoms with Gasteiger partial charge in [-0.25, -0.2) is 0 Å². The van der Waals surface area contributed by atoms with Crippen LogP contribution in [0.15, 0.2) is 35.2 Å². The maximum atomic E-state index is 11.1. The van der Waals surface area contributed by atoms with Crippen LogP contribution in [0.2, 0.25) is 0 Å². The fourth-order valence-corrected chi connectivity index (χ4v) is 3.24. The lowest BCUT2D eigenvalue weighted by atomic mass is 10.1. The Bertz CT molecular complexity index is 301. The number of benzene rings is 1. The van der Waals surface area contributed by atoms with Gasteiger partial charge in [-0.1, -0.05) is 31.0 Å². The first kappa shape index (κ1) is 9.78. The van der Waals surface area contributed by atoms with Crippen LogP contribution in [0.25, 0.3) is 0 Å². The smallest absolute Gasteiger partial charge is 0.136 e. The minimum absolute atomic E-state index is 0.124. The van der Waals surface area contributed by atoms with Crippen molar-refractivity contribution in [3.05, 3.63) is 30.3 Å². The molecule has 0 spiro atoms. The van der Waals surface area contributed by atoms with Gasteiger partial charge in [-0.2, -0.15) is 0 Å². The Balaban J connectivity index is 2.12. The van der Waals surface area contributed by atoms with E-state index in [2.05, 4.69) is 12.1 Å². The van der Waals surface area contributed by atoms with Gasteiger partial charge in [-0.05, 0) is 25.0 Å². The van der Waals surface area contributed by atoms with Crippen molar-refractivity contribution in [1.82, 2.24) is 0 Å². The zero-order valence-electron chi connectivity index (χ0n) is 8.11. The van der Waals surface area contributed by atoms with E-state index in [4.69, 9.17) is 0 Å². The molecule has 0 aliphatic heterocycles. The molecule has 1 aliphatic rings. The van der Waals surface area contributed by atoms with E-state index in [1.165, 1.54) is 17.7 Å². The van der Waals surface area contributed by atoms with Gasteiger partial charge in [0.05, 0.1) is 4.75 Å². The average Bonchev–Trinajstić information content (AvgIpc) is 2.69. The van der Waals surface area contributed by atoms with Crippen molar-refractivity contribution in [1.29, 1.82) is 0 Å². The summed E-state index contributed by atoms with van der Waals surface area (Å²) in [6.07, 6.45) is 5.61. The highest BCUT2D eigenvalue weighted by Crippen LogP contribution is 2.43. The molecule has 0 atom stereocenters. The minimum Gasteiger partial charge on any atom is -0.302 e. The average molecular weight is 206 g/mol. The van der Waals surface area contributed by atoms with E-state index < -0.39 is 0 Å². The zero-order chi connectivity index (χ0) is 9.86. The molecule has 74 valence electrons. The standard InChI is InChI=1S/C12H14OS/c13-10-12(8-4-5-9-12)14-11-6-2-1-3-7-11/h1-3,6-7,10H,4-5,8-9H2. The van der Waals surface area contributed by atoms with Gasteiger partial charge in [0.25, 0.3) is 0 Å². The lowest BCUT2D eigenvalue weighted by molar-refractivity contribution is -0.109. The topological polar surface area (TPSA) is 17.1 Å². The molecule has 14 heavy (non-hydrogen) atoms. The quantitative estimate of drug-likeness (QED) is 0.706. The summed E-state index contributed by atoms with van der Waals surface area (Å²) in [5, 5.41) is 0. The second-order valence-corrected chi connectivity index (χ2v) is 5.29. The second-order valence-electron chi connectivity index (χ2n) is 3.80. The van der Waals surface area contributed by atoms with Gasteiger partial charge < -0.3 is 4.79 Å². The molecule has 1 saturated carbocycles. The largest absolute Gasteiger partial charge is 0.302 e. The Morgan fingerprint density at radius 3 is 2.36 bits per heavy atom. The molecule has 1 fully saturated rings. The molecule has 0 bridgehead atoms. The van der Waals surface area contributed by atoms with E-state index in [1.54, 1.807) is 11.8 Å². The highest BCUT2D eigenvalue weighted by molar-refractivity contribution is 8.01. The molecule has 0 radical (unpaired) electrons. The van der Waals surface area contributed by atoms with E-state index in [9.17, 15) is 4.79 Å². The van der Waals surface area contributed by atoms with Crippen LogP contribution in [0, 0.1) is 0 Å². The zero-order valence-corrected chi connectivity index (χ0v) is 8.93. The molecule has 0 amide bonds. The van der Waals surface area contributed by atoms with Crippen molar-refractivity contribution < 1.29 is 4.79 Å². The SMILES string of the molecule is O=CC1(Sc2ccccc2)CCCC1. The third kappa shape index (κ3) is 2.01. The fourth-order valence-electron chi connectivity index (χ4n) is 1.94. The van der Waals surface area contributed by atoms with Crippen LogP contribution < -0.4 is 0 Å². The number of thioether (sulfide) groups is 1. The Morgan fingerprint density at radius 2 is 1.79 bits per heavy atom. The fraction of sp³-hybridized carbons (Fsp3) is 0.417. The summed E-state index contributed by atoms with van der Waals surface area (Å²) in [6, 6.07) is 10.2. The van der Waals surface area contributed by atoms with Crippen LogP contribution >= 0.6 is 11.8 Å². The monoisotopic (exact) mass is 206 g/mol. The lowest BCUT2D eigenvalue weighted by Crippen LogP contribution is -2.21. The van der Waals surface area contributed by atoms with Gasteiger partial charge in [0.15, 0.2) is 0 Å². The third-order valence-corrected chi connectivity index (χ3v) is 4.15. The molecule has 1 aromatic rings. The number of carbonyl (C=O) groups excluding carboxylic acids is 1. The van der Waals surface area contributed by atoms with Gasteiger partial charge >= 0.3 is 0 Å². The van der Waals surface area contributed by atoms with Gasteiger partial charge in [-0.3, -0.25) is 0 Å². The molecule has 1 aliphatic carbocycles. The molecular formula is C12H14OS. The summed E-state index contributed by atoms with van der Waals surface area (Å²) < 4.78 is -0.124. The number of hydrogen-bond acceptors (Lipinski definition) is 2. The molecule has 2 rings (SSSR count). The van der Waals surface area contributed by atoms with E-state index in [-0.39, 0.29) is 4.75 Å². The molecular weight excluding hydrogens is 192 g/mol. The van der Waals surface area contributed by atoms with Crippen LogP contribution in [-0.2, 0) is 4.79 Å². The summed E-state index contributed by atoms with van der Waals surface area (Å²) in [6.45, 7) is 0. The van der Waals surface area contributed by atoms with Crippen molar-refractivity contribution >= 4 is 18.0 Å². The van der Waals surface area contributed by atoms with Crippen molar-refractivity contribution in [2.75, 3.05) is 0 Å². The van der Waals surface area contributed by atoms with Crippen molar-refractivity contribution in [2.45, 2.75) is 35.3 Å². The predicted octanol–water partition coefficient (Wildman–Crippen LogP) is 3.29. The number of hydrogen-bond donors (Lipinski definition) is 0. The summed E-state index contributed by atoms with van der Waals surface area (Å²) in [7, 11) is 0. The molecule has 0 N–H and O–H groups in total. The van der Waals surface area contributed by atoms with Crippen LogP contribution in [-0.4, -0.2) is 11.0 Å². The predicted molar refractivity (Wildman–Crippen MR) is 59.6 cm³/mol. The lowest BCUT2D eigenvalue weighted by Gasteiger charge is -2.20. The number of rotatable bonds is 3. The Morgan fingerprint density at radius 1 is 1.14 bits per heavy atom. The van der Waals surface area contributed by atoms with Gasteiger partial charge in [0, 0.05) is 4.90 Å². The molecule has 0 heterocycles. The van der Waals surface area contributed by atoms with Gasteiger partial charge in [0.1, 0.15) is 6.29 Å². The Kier molecular flexibility index (Phi) is 2.92. The normalized spacial score (nSPS) is 19.4. The van der Waals surface area contributed by atoms with Gasteiger partial charge in [-0.15, -0.1) is 11.8 Å². The summed E-state index contributed by atoms with van der Waals surface area (Å²) >= 11 is 1.73. The van der Waals surface area contributed by atoms with E-state index >= 15 is 0 Å². The Hall–Kier alpha value is -0.760. The molecule has 1 nitrogen and oxygen atoms in total. The van der Waals surface area contributed by atoms with Crippen LogP contribution in [0.4, 0.5) is 0 Å². The first-order valence-corrected chi connectivity index (χ1v) is 5.87. The van der Waals surface area contributed by atoms with Crippen LogP contribution in [0.3, 0.4) is 0 Å². The number of carbonyl (C=O) groups is 1. The van der Waals surface area contributed by atoms with Crippen molar-refractivity contribution in [2.24, 2.45) is 0 Å². The Labute approximate surface area is 88.9 Å². The molecule has 2 heteroatoms. The summed E-state index contributed by atoms with van der Waals surface area (Å²) in [5.74, 6) is 0. The first-order chi connectivity index (χ1) is 6.85. The van der Waals surface area contributed by atoms with E-state index in [1.807, 2.05) is 18.2 Å². The molecule has 0 saturated heterocycles. The summed E-state index contributed by atoms with van der Waals surface area (Å²) in [5.41, 5.74) is 0. The van der Waals surface area contributed by atoms with E-state index in [0.717, 1.165) is 19.1 Å². The van der Waals surface area contributed by atoms with Crippen LogP contribution in [0.1, 0.15) is 25.7 Å². The van der Waals surface area contributed by atoms with Crippen molar-refractivity contribution in [3.8, 4) is 0 Å². The molecule has 1 aromatic carbocycles. The van der Waals surface area contributed by atoms with Gasteiger partial charge in [0.2, 0.25) is 0 Å². The first-order valence-electron chi connectivity index (χ1n) is 5.05. The summed E-state index contributed by atoms with van der Waals surface area (Å²) in [4.78, 5) is 12.3. The highest BCUT2D eigenvalue weighted by Gasteiger charge is 2.34. The minimum atomic E-state index is -0.124. The van der Waals surface area contributed by atoms with E-state index in [0.29, 0.717) is 0 Å².